The molecule has 1 aromatic carbocycles. The van der Waals surface area contributed by atoms with Gasteiger partial charge >= 0.3 is 0 Å². The van der Waals surface area contributed by atoms with E-state index in [1.807, 2.05) is 12.1 Å². The maximum atomic E-state index is 6.18. The first kappa shape index (κ1) is 16.2. The van der Waals surface area contributed by atoms with E-state index in [4.69, 9.17) is 23.2 Å². The average Bonchev–Trinajstić information content (AvgIpc) is 2.44. The van der Waals surface area contributed by atoms with Crippen LogP contribution in [0.5, 0.6) is 0 Å². The van der Waals surface area contributed by atoms with E-state index >= 15 is 0 Å². The van der Waals surface area contributed by atoms with Crippen molar-refractivity contribution < 1.29 is 0 Å². The lowest BCUT2D eigenvalue weighted by molar-refractivity contribution is 0.295. The van der Waals surface area contributed by atoms with Gasteiger partial charge in [0.15, 0.2) is 0 Å². The van der Waals surface area contributed by atoms with Crippen LogP contribution in [0.4, 0.5) is 0 Å². The van der Waals surface area contributed by atoms with Crippen LogP contribution in [0.3, 0.4) is 0 Å². The quantitative estimate of drug-likeness (QED) is 0.716. The Morgan fingerprint density at radius 1 is 1.00 bits per heavy atom. The summed E-state index contributed by atoms with van der Waals surface area (Å²) < 4.78 is 0. The average molecular weight is 333 g/mol. The third-order valence-corrected chi connectivity index (χ3v) is 5.15. The van der Waals surface area contributed by atoms with E-state index in [-0.39, 0.29) is 17.9 Å². The first-order valence-electron chi connectivity index (χ1n) is 7.12. The molecule has 4 heteroatoms. The summed E-state index contributed by atoms with van der Waals surface area (Å²) in [6, 6.07) is 6.02. The zero-order chi connectivity index (χ0) is 13.3. The summed E-state index contributed by atoms with van der Waals surface area (Å²) in [4.78, 5) is 0. The van der Waals surface area contributed by atoms with Gasteiger partial charge in [-0.2, -0.15) is 0 Å². The van der Waals surface area contributed by atoms with Gasteiger partial charge in [0.2, 0.25) is 0 Å². The molecule has 1 fully saturated rings. The van der Waals surface area contributed by atoms with Crippen molar-refractivity contribution >= 4 is 41.2 Å². The number of nitrogens with one attached hydrogen (secondary N) is 1. The highest BCUT2D eigenvalue weighted by Crippen LogP contribution is 2.42. The summed E-state index contributed by atoms with van der Waals surface area (Å²) >= 11 is 12.2. The van der Waals surface area contributed by atoms with Crippen molar-refractivity contribution in [2.75, 3.05) is 6.54 Å². The highest BCUT2D eigenvalue weighted by molar-refractivity contribution is 6.42. The minimum absolute atomic E-state index is 0. The summed E-state index contributed by atoms with van der Waals surface area (Å²) in [7, 11) is 0. The molecule has 110 valence electrons. The van der Waals surface area contributed by atoms with Crippen molar-refractivity contribution in [3.8, 4) is 0 Å². The maximum absolute atomic E-state index is 6.18. The van der Waals surface area contributed by atoms with Crippen molar-refractivity contribution in [1.29, 1.82) is 0 Å². The van der Waals surface area contributed by atoms with E-state index in [9.17, 15) is 0 Å². The summed E-state index contributed by atoms with van der Waals surface area (Å²) in [6.07, 6.45) is 9.94. The number of rotatable bonds is 1. The Bertz CT molecular complexity index is 504. The predicted molar refractivity (Wildman–Crippen MR) is 90.1 cm³/mol. The molecule has 1 heterocycles. The van der Waals surface area contributed by atoms with Gasteiger partial charge < -0.3 is 5.32 Å². The van der Waals surface area contributed by atoms with Crippen LogP contribution < -0.4 is 5.32 Å². The number of benzene rings is 1. The Morgan fingerprint density at radius 3 is 2.45 bits per heavy atom. The molecular weight excluding hydrogens is 313 g/mol. The predicted octanol–water partition coefficient (Wildman–Crippen LogP) is 5.49. The molecule has 0 atom stereocenters. The van der Waals surface area contributed by atoms with Crippen LogP contribution >= 0.6 is 35.6 Å². The molecule has 0 amide bonds. The van der Waals surface area contributed by atoms with Crippen molar-refractivity contribution in [3.63, 3.8) is 0 Å². The third kappa shape index (κ3) is 3.01. The number of hydrogen-bond acceptors (Lipinski definition) is 1. The number of hydrogen-bond donors (Lipinski definition) is 1. The zero-order valence-electron chi connectivity index (χ0n) is 11.4. The van der Waals surface area contributed by atoms with Crippen LogP contribution in [-0.2, 0) is 0 Å². The molecule has 3 rings (SSSR count). The normalized spacial score (nSPS) is 21.2. The van der Waals surface area contributed by atoms with E-state index in [1.165, 1.54) is 43.2 Å². The standard InChI is InChI=1S/C16H19Cl2N.ClH/c17-14-7-6-12(11-15(14)18)13-5-4-10-19-16(13)8-2-1-3-9-16;/h5-7,11,19H,1-4,8-10H2;1H. The van der Waals surface area contributed by atoms with Crippen LogP contribution in [0.1, 0.15) is 44.1 Å². The van der Waals surface area contributed by atoms with Gasteiger partial charge in [0, 0.05) is 5.54 Å². The molecule has 1 aliphatic heterocycles. The summed E-state index contributed by atoms with van der Waals surface area (Å²) in [5.74, 6) is 0. The Hall–Kier alpha value is -0.210. The monoisotopic (exact) mass is 331 g/mol. The lowest BCUT2D eigenvalue weighted by Gasteiger charge is -2.43. The largest absolute Gasteiger partial charge is 0.307 e. The molecular formula is C16H20Cl3N. The summed E-state index contributed by atoms with van der Waals surface area (Å²) in [5, 5.41) is 5.05. The molecule has 1 nitrogen and oxygen atoms in total. The van der Waals surface area contributed by atoms with Gasteiger partial charge in [-0.3, -0.25) is 0 Å². The number of halogens is 3. The molecule has 1 aliphatic carbocycles. The summed E-state index contributed by atoms with van der Waals surface area (Å²) in [5.41, 5.74) is 2.83. The van der Waals surface area contributed by atoms with Gasteiger partial charge in [-0.05, 0) is 49.1 Å². The fourth-order valence-corrected chi connectivity index (χ4v) is 3.78. The Balaban J connectivity index is 0.00000147. The molecule has 1 saturated carbocycles. The lowest BCUT2D eigenvalue weighted by atomic mass is 9.72. The second-order valence-electron chi connectivity index (χ2n) is 5.60. The molecule has 1 N–H and O–H groups in total. The minimum Gasteiger partial charge on any atom is -0.307 e. The van der Waals surface area contributed by atoms with Crippen LogP contribution in [0, 0.1) is 0 Å². The SMILES string of the molecule is Cl.Clc1ccc(C2=CCCNC23CCCCC3)cc1Cl. The second-order valence-corrected chi connectivity index (χ2v) is 6.42. The molecule has 0 bridgehead atoms. The molecule has 1 spiro atoms. The Labute approximate surface area is 137 Å². The van der Waals surface area contributed by atoms with Crippen LogP contribution in [-0.4, -0.2) is 12.1 Å². The molecule has 20 heavy (non-hydrogen) atoms. The second kappa shape index (κ2) is 6.70. The van der Waals surface area contributed by atoms with Gasteiger partial charge in [0.05, 0.1) is 10.0 Å². The van der Waals surface area contributed by atoms with E-state index in [2.05, 4.69) is 17.5 Å². The van der Waals surface area contributed by atoms with E-state index in [1.54, 1.807) is 0 Å². The van der Waals surface area contributed by atoms with Gasteiger partial charge in [0.1, 0.15) is 0 Å². The topological polar surface area (TPSA) is 12.0 Å². The van der Waals surface area contributed by atoms with Gasteiger partial charge in [-0.1, -0.05) is 54.6 Å². The third-order valence-electron chi connectivity index (χ3n) is 4.41. The smallest absolute Gasteiger partial charge is 0.0598 e. The van der Waals surface area contributed by atoms with E-state index in [0.29, 0.717) is 10.0 Å². The highest BCUT2D eigenvalue weighted by Gasteiger charge is 2.37. The van der Waals surface area contributed by atoms with Crippen LogP contribution in [0.25, 0.3) is 5.57 Å². The van der Waals surface area contributed by atoms with Crippen molar-refractivity contribution in [3.05, 3.63) is 39.9 Å². The van der Waals surface area contributed by atoms with E-state index < -0.39 is 0 Å². The van der Waals surface area contributed by atoms with Crippen LogP contribution in [0.15, 0.2) is 24.3 Å². The fraction of sp³-hybridized carbons (Fsp3) is 0.500. The molecule has 0 unspecified atom stereocenters. The molecule has 1 aromatic rings. The molecule has 2 aliphatic rings. The molecule has 0 aromatic heterocycles. The van der Waals surface area contributed by atoms with Gasteiger partial charge in [-0.15, -0.1) is 12.4 Å². The highest BCUT2D eigenvalue weighted by atomic mass is 35.5. The van der Waals surface area contributed by atoms with Crippen molar-refractivity contribution in [2.24, 2.45) is 0 Å². The van der Waals surface area contributed by atoms with Gasteiger partial charge in [0.25, 0.3) is 0 Å². The maximum Gasteiger partial charge on any atom is 0.0598 e. The van der Waals surface area contributed by atoms with E-state index in [0.717, 1.165) is 13.0 Å². The Morgan fingerprint density at radius 2 is 1.75 bits per heavy atom. The molecule has 0 radical (unpaired) electrons. The summed E-state index contributed by atoms with van der Waals surface area (Å²) in [6.45, 7) is 1.09. The molecule has 0 saturated heterocycles. The lowest BCUT2D eigenvalue weighted by Crippen LogP contribution is -2.49. The van der Waals surface area contributed by atoms with Crippen molar-refractivity contribution in [1.82, 2.24) is 5.32 Å². The van der Waals surface area contributed by atoms with Gasteiger partial charge in [-0.25, -0.2) is 0 Å². The zero-order valence-corrected chi connectivity index (χ0v) is 13.8. The fourth-order valence-electron chi connectivity index (χ4n) is 3.48. The first-order chi connectivity index (χ1) is 9.21. The minimum atomic E-state index is 0. The van der Waals surface area contributed by atoms with Crippen molar-refractivity contribution in [2.45, 2.75) is 44.1 Å². The van der Waals surface area contributed by atoms with Crippen LogP contribution in [0.2, 0.25) is 10.0 Å². The first-order valence-corrected chi connectivity index (χ1v) is 7.88. The Kier molecular flexibility index (Phi) is 5.42.